The minimum atomic E-state index is -1.49. The summed E-state index contributed by atoms with van der Waals surface area (Å²) in [4.78, 5) is 76.7. The first-order chi connectivity index (χ1) is 21.3. The molecule has 2 aromatic carbocycles. The smallest absolute Gasteiger partial charge is 0.323 e. The van der Waals surface area contributed by atoms with Gasteiger partial charge in [-0.15, -0.1) is 0 Å². The van der Waals surface area contributed by atoms with Crippen LogP contribution in [0.5, 0.6) is 5.75 Å². The highest BCUT2D eigenvalue weighted by Crippen LogP contribution is 2.19. The Labute approximate surface area is 261 Å². The summed E-state index contributed by atoms with van der Waals surface area (Å²) in [5, 5.41) is 21.0. The Kier molecular flexibility index (Phi) is 14.8. The first-order valence-corrected chi connectivity index (χ1v) is 14.7. The number of esters is 1. The molecule has 0 heterocycles. The normalized spacial score (nSPS) is 13.6. The molecular weight excluding hydrogens is 584 g/mol. The molecule has 0 bridgehead atoms. The number of aromatic hydroxyl groups is 1. The van der Waals surface area contributed by atoms with Crippen LogP contribution in [0.2, 0.25) is 0 Å². The average Bonchev–Trinajstić information content (AvgIpc) is 3.01. The van der Waals surface area contributed by atoms with Crippen LogP contribution >= 0.6 is 0 Å². The molecule has 0 spiro atoms. The van der Waals surface area contributed by atoms with E-state index in [0.29, 0.717) is 5.56 Å². The van der Waals surface area contributed by atoms with Crippen LogP contribution in [0, 0.1) is 5.92 Å². The van der Waals surface area contributed by atoms with Gasteiger partial charge < -0.3 is 36.5 Å². The number of hydrogen-bond acceptors (Lipinski definition) is 10. The van der Waals surface area contributed by atoms with Crippen LogP contribution in [0.4, 0.5) is 0 Å². The van der Waals surface area contributed by atoms with Crippen molar-refractivity contribution in [1.82, 2.24) is 10.2 Å². The van der Waals surface area contributed by atoms with E-state index in [-0.39, 0.29) is 50.7 Å². The molecule has 0 saturated carbocycles. The molecule has 2 aromatic rings. The van der Waals surface area contributed by atoms with Crippen molar-refractivity contribution in [2.75, 3.05) is 0 Å². The number of aldehydes is 1. The monoisotopic (exact) mass is 626 g/mol. The van der Waals surface area contributed by atoms with Crippen molar-refractivity contribution >= 4 is 35.9 Å². The molecule has 13 nitrogen and oxygen atoms in total. The lowest BCUT2D eigenvalue weighted by Gasteiger charge is -2.33. The van der Waals surface area contributed by atoms with E-state index in [2.05, 4.69) is 5.32 Å². The topological polar surface area (TPSA) is 219 Å². The summed E-state index contributed by atoms with van der Waals surface area (Å²) in [7, 11) is 0. The second-order valence-corrected chi connectivity index (χ2v) is 11.0. The number of carbonyl (C=O) groups is 6. The largest absolute Gasteiger partial charge is 0.508 e. The maximum atomic E-state index is 13.6. The Bertz CT molecular complexity index is 1300. The molecule has 244 valence electrons. The van der Waals surface area contributed by atoms with E-state index in [4.69, 9.17) is 21.3 Å². The number of imide groups is 1. The molecule has 4 atom stereocenters. The second kappa shape index (κ2) is 18.2. The van der Waals surface area contributed by atoms with E-state index in [1.165, 1.54) is 12.1 Å². The number of carboxylic acids is 1. The predicted octanol–water partition coefficient (Wildman–Crippen LogP) is 1.43. The molecule has 0 fully saturated rings. The number of nitrogens with two attached hydrogens (primary N) is 2. The summed E-state index contributed by atoms with van der Waals surface area (Å²) in [6.45, 7) is 3.36. The standard InChI is InChI=1S/C32H42N4O9/c1-20(2)29(34)31(43)36(27(39)16-13-21-11-14-24(38)15-12-21)26(30(42)35-23(18-37)17-28(40)41)10-6-9-25(33)32(44)45-19-22-7-4-3-5-8-22/h3-5,7-8,11-12,14-15,18,20,23,25-26,29,38H,6,9-10,13,16-17,19,33-34H2,1-2H3,(H,35,42)(H,40,41)/t23?,25?,26-,29-/m0/s1. The summed E-state index contributed by atoms with van der Waals surface area (Å²) in [6.07, 6.45) is -0.550. The molecule has 0 aromatic heterocycles. The fourth-order valence-electron chi connectivity index (χ4n) is 4.39. The SMILES string of the molecule is CC(C)[C@H](N)C(=O)N(C(=O)CCc1ccc(O)cc1)[C@@H](CCCC(N)C(=O)OCc1ccccc1)C(=O)NC(C=O)CC(=O)O. The maximum absolute atomic E-state index is 13.6. The maximum Gasteiger partial charge on any atom is 0.323 e. The number of phenols is 1. The molecular formula is C32H42N4O9. The molecule has 0 aliphatic heterocycles. The first kappa shape index (κ1) is 36.6. The van der Waals surface area contributed by atoms with Gasteiger partial charge in [0.2, 0.25) is 17.7 Å². The molecule has 7 N–H and O–H groups in total. The van der Waals surface area contributed by atoms with E-state index >= 15 is 0 Å². The first-order valence-electron chi connectivity index (χ1n) is 14.7. The quantitative estimate of drug-likeness (QED) is 0.118. The Morgan fingerprint density at radius 1 is 0.956 bits per heavy atom. The molecule has 0 radical (unpaired) electrons. The number of amides is 3. The molecule has 0 saturated heterocycles. The lowest BCUT2D eigenvalue weighted by atomic mass is 9.98. The van der Waals surface area contributed by atoms with Crippen molar-refractivity contribution in [2.45, 2.75) is 83.1 Å². The van der Waals surface area contributed by atoms with Crippen LogP contribution in [-0.2, 0) is 46.5 Å². The molecule has 3 amide bonds. The van der Waals surface area contributed by atoms with E-state index in [0.717, 1.165) is 10.5 Å². The summed E-state index contributed by atoms with van der Waals surface area (Å²) in [6, 6.07) is 9.96. The Hall–Kier alpha value is -4.62. The van der Waals surface area contributed by atoms with Gasteiger partial charge in [0, 0.05) is 6.42 Å². The second-order valence-electron chi connectivity index (χ2n) is 11.0. The van der Waals surface area contributed by atoms with E-state index in [9.17, 15) is 33.9 Å². The van der Waals surface area contributed by atoms with E-state index in [1.54, 1.807) is 50.2 Å². The zero-order valence-electron chi connectivity index (χ0n) is 25.5. The molecule has 13 heteroatoms. The van der Waals surface area contributed by atoms with Gasteiger partial charge in [0.15, 0.2) is 0 Å². The van der Waals surface area contributed by atoms with Crippen molar-refractivity contribution in [3.63, 3.8) is 0 Å². The number of ether oxygens (including phenoxy) is 1. The summed E-state index contributed by atoms with van der Waals surface area (Å²) < 4.78 is 5.27. The van der Waals surface area contributed by atoms with Gasteiger partial charge in [-0.1, -0.05) is 56.3 Å². The lowest BCUT2D eigenvalue weighted by Crippen LogP contribution is -2.58. The number of aliphatic carboxylic acids is 1. The van der Waals surface area contributed by atoms with Gasteiger partial charge in [0.05, 0.1) is 18.5 Å². The highest BCUT2D eigenvalue weighted by atomic mass is 16.5. The number of rotatable bonds is 18. The minimum Gasteiger partial charge on any atom is -0.508 e. The zero-order chi connectivity index (χ0) is 33.5. The number of benzene rings is 2. The van der Waals surface area contributed by atoms with E-state index in [1.807, 2.05) is 6.07 Å². The third-order valence-electron chi connectivity index (χ3n) is 7.09. The fraction of sp³-hybridized carbons (Fsp3) is 0.438. The van der Waals surface area contributed by atoms with Crippen molar-refractivity contribution in [2.24, 2.45) is 17.4 Å². The Morgan fingerprint density at radius 2 is 1.60 bits per heavy atom. The summed E-state index contributed by atoms with van der Waals surface area (Å²) in [5.41, 5.74) is 13.6. The number of hydrogen-bond donors (Lipinski definition) is 5. The number of carboxylic acid groups (broad SMARTS) is 1. The third kappa shape index (κ3) is 12.1. The molecule has 2 rings (SSSR count). The molecule has 45 heavy (non-hydrogen) atoms. The van der Waals surface area contributed by atoms with Gasteiger partial charge >= 0.3 is 11.9 Å². The summed E-state index contributed by atoms with van der Waals surface area (Å²) in [5.74, 6) is -4.88. The molecule has 0 aliphatic carbocycles. The number of nitrogens with zero attached hydrogens (tertiary/aromatic N) is 1. The van der Waals surface area contributed by atoms with Gasteiger partial charge in [0.1, 0.15) is 30.7 Å². The van der Waals surface area contributed by atoms with Crippen LogP contribution in [0.1, 0.15) is 57.1 Å². The van der Waals surface area contributed by atoms with Gasteiger partial charge in [0.25, 0.3) is 0 Å². The predicted molar refractivity (Wildman–Crippen MR) is 163 cm³/mol. The van der Waals surface area contributed by atoms with Gasteiger partial charge in [-0.25, -0.2) is 0 Å². The third-order valence-corrected chi connectivity index (χ3v) is 7.09. The highest BCUT2D eigenvalue weighted by molar-refractivity contribution is 6.02. The highest BCUT2D eigenvalue weighted by Gasteiger charge is 2.38. The summed E-state index contributed by atoms with van der Waals surface area (Å²) >= 11 is 0. The Balaban J connectivity index is 2.28. The molecule has 0 aliphatic rings. The lowest BCUT2D eigenvalue weighted by molar-refractivity contribution is -0.154. The van der Waals surface area contributed by atoms with Crippen LogP contribution in [0.15, 0.2) is 54.6 Å². The van der Waals surface area contributed by atoms with Gasteiger partial charge in [-0.2, -0.15) is 0 Å². The van der Waals surface area contributed by atoms with E-state index < -0.39 is 66.2 Å². The van der Waals surface area contributed by atoms with Crippen LogP contribution in [0.3, 0.4) is 0 Å². The van der Waals surface area contributed by atoms with Gasteiger partial charge in [-0.3, -0.25) is 28.9 Å². The van der Waals surface area contributed by atoms with Crippen molar-refractivity contribution in [1.29, 1.82) is 0 Å². The number of aryl methyl sites for hydroxylation is 1. The average molecular weight is 627 g/mol. The zero-order valence-corrected chi connectivity index (χ0v) is 25.5. The molecule has 2 unspecified atom stereocenters. The number of phenolic OH excluding ortho intramolecular Hbond substituents is 1. The van der Waals surface area contributed by atoms with Crippen LogP contribution in [-0.4, -0.2) is 75.2 Å². The fourth-order valence-corrected chi connectivity index (χ4v) is 4.39. The van der Waals surface area contributed by atoms with Crippen molar-refractivity contribution in [3.05, 3.63) is 65.7 Å². The van der Waals surface area contributed by atoms with Crippen LogP contribution < -0.4 is 16.8 Å². The van der Waals surface area contributed by atoms with Crippen molar-refractivity contribution in [3.8, 4) is 5.75 Å². The van der Waals surface area contributed by atoms with Crippen LogP contribution in [0.25, 0.3) is 0 Å². The minimum absolute atomic E-state index is 0.0139. The van der Waals surface area contributed by atoms with Crippen molar-refractivity contribution < 1.29 is 43.7 Å². The Morgan fingerprint density at radius 3 is 2.18 bits per heavy atom. The number of carbonyl (C=O) groups excluding carboxylic acids is 5. The number of nitrogens with one attached hydrogen (secondary N) is 1. The van der Waals surface area contributed by atoms with Gasteiger partial charge in [-0.05, 0) is 54.9 Å².